The molecule has 0 bridgehead atoms. The molecule has 0 radical (unpaired) electrons. The van der Waals surface area contributed by atoms with E-state index in [1.165, 1.54) is 6.07 Å². The molecular weight excluding hydrogens is 346 g/mol. The van der Waals surface area contributed by atoms with Crippen molar-refractivity contribution in [2.45, 2.75) is 25.5 Å². The number of hydrogen-bond acceptors (Lipinski definition) is 6. The average Bonchev–Trinajstić information content (AvgIpc) is 3.04. The van der Waals surface area contributed by atoms with Gasteiger partial charge in [-0.15, -0.1) is 0 Å². The van der Waals surface area contributed by atoms with Crippen LogP contribution in [0, 0.1) is 17.0 Å². The molecule has 2 aliphatic rings. The number of rotatable bonds is 4. The highest BCUT2D eigenvalue weighted by Crippen LogP contribution is 2.40. The first-order chi connectivity index (χ1) is 13.0. The molecule has 7 heteroatoms. The number of para-hydroxylation sites is 1. The van der Waals surface area contributed by atoms with Gasteiger partial charge in [-0.05, 0) is 31.5 Å². The Labute approximate surface area is 157 Å². The van der Waals surface area contributed by atoms with Crippen molar-refractivity contribution in [1.82, 2.24) is 4.90 Å². The monoisotopic (exact) mass is 369 g/mol. The lowest BCUT2D eigenvalue weighted by Crippen LogP contribution is -2.53. The van der Waals surface area contributed by atoms with E-state index in [2.05, 4.69) is 4.90 Å². The lowest BCUT2D eigenvalue weighted by molar-refractivity contribution is -0.384. The molecule has 2 aliphatic heterocycles. The van der Waals surface area contributed by atoms with E-state index in [-0.39, 0.29) is 22.8 Å². The van der Waals surface area contributed by atoms with E-state index in [4.69, 9.17) is 4.74 Å². The topological polar surface area (TPSA) is 79.1 Å². The summed E-state index contributed by atoms with van der Waals surface area (Å²) in [5.74, 6) is 1.30. The maximum Gasteiger partial charge on any atom is 0.293 e. The smallest absolute Gasteiger partial charge is 0.293 e. The molecular formula is C20H23N3O4. The van der Waals surface area contributed by atoms with Crippen LogP contribution in [0.5, 0.6) is 11.5 Å². The van der Waals surface area contributed by atoms with Gasteiger partial charge in [-0.25, -0.2) is 0 Å². The number of aliphatic hydroxyl groups is 1. The van der Waals surface area contributed by atoms with Crippen molar-refractivity contribution < 1.29 is 14.8 Å². The lowest BCUT2D eigenvalue weighted by atomic mass is 10.1. The van der Waals surface area contributed by atoms with E-state index in [0.717, 1.165) is 25.1 Å². The van der Waals surface area contributed by atoms with Crippen LogP contribution in [-0.4, -0.2) is 53.3 Å². The molecule has 0 aromatic heterocycles. The second-order valence-electron chi connectivity index (χ2n) is 7.13. The Morgan fingerprint density at radius 3 is 2.67 bits per heavy atom. The van der Waals surface area contributed by atoms with E-state index >= 15 is 0 Å². The van der Waals surface area contributed by atoms with Crippen LogP contribution in [0.4, 0.5) is 11.4 Å². The average molecular weight is 369 g/mol. The van der Waals surface area contributed by atoms with E-state index < -0.39 is 0 Å². The summed E-state index contributed by atoms with van der Waals surface area (Å²) in [5, 5.41) is 21.9. The van der Waals surface area contributed by atoms with Gasteiger partial charge in [0.1, 0.15) is 17.2 Å². The van der Waals surface area contributed by atoms with Crippen molar-refractivity contribution in [3.8, 4) is 11.5 Å². The molecule has 27 heavy (non-hydrogen) atoms. The quantitative estimate of drug-likeness (QED) is 0.659. The molecule has 0 saturated carbocycles. The fraction of sp³-hybridized carbons (Fsp3) is 0.400. The fourth-order valence-electron chi connectivity index (χ4n) is 4.12. The summed E-state index contributed by atoms with van der Waals surface area (Å²) in [4.78, 5) is 15.6. The zero-order valence-electron chi connectivity index (χ0n) is 15.2. The zero-order chi connectivity index (χ0) is 19.0. The molecule has 2 aromatic carbocycles. The van der Waals surface area contributed by atoms with Gasteiger partial charge in [0.2, 0.25) is 0 Å². The minimum atomic E-state index is -0.379. The zero-order valence-corrected chi connectivity index (χ0v) is 15.2. The summed E-state index contributed by atoms with van der Waals surface area (Å²) >= 11 is 0. The largest absolute Gasteiger partial charge is 0.457 e. The Kier molecular flexibility index (Phi) is 4.72. The molecule has 2 aromatic rings. The predicted octanol–water partition coefficient (Wildman–Crippen LogP) is 2.95. The Morgan fingerprint density at radius 2 is 1.93 bits per heavy atom. The fourth-order valence-corrected chi connectivity index (χ4v) is 4.12. The van der Waals surface area contributed by atoms with Gasteiger partial charge in [-0.3, -0.25) is 15.0 Å². The van der Waals surface area contributed by atoms with Crippen LogP contribution in [0.25, 0.3) is 0 Å². The Hall–Kier alpha value is -2.64. The number of hydrogen-bond donors (Lipinski definition) is 1. The summed E-state index contributed by atoms with van der Waals surface area (Å²) in [6.07, 6.45) is 0.382. The minimum Gasteiger partial charge on any atom is -0.457 e. The number of nitro groups is 1. The first-order valence-corrected chi connectivity index (χ1v) is 9.22. The van der Waals surface area contributed by atoms with Gasteiger partial charge >= 0.3 is 0 Å². The van der Waals surface area contributed by atoms with Crippen molar-refractivity contribution in [3.05, 3.63) is 58.1 Å². The summed E-state index contributed by atoms with van der Waals surface area (Å²) in [7, 11) is 0. The predicted molar refractivity (Wildman–Crippen MR) is 103 cm³/mol. The second-order valence-corrected chi connectivity index (χ2v) is 7.13. The normalized spacial score (nSPS) is 22.5. The molecule has 7 nitrogen and oxygen atoms in total. The first kappa shape index (κ1) is 17.8. The van der Waals surface area contributed by atoms with Crippen LogP contribution in [0.1, 0.15) is 12.0 Å². The molecule has 2 heterocycles. The molecule has 2 fully saturated rings. The Bertz CT molecular complexity index is 843. The molecule has 1 N–H and O–H groups in total. The van der Waals surface area contributed by atoms with E-state index in [0.29, 0.717) is 30.3 Å². The molecule has 0 unspecified atom stereocenters. The number of ether oxygens (including phenoxy) is 1. The van der Waals surface area contributed by atoms with Crippen LogP contribution < -0.4 is 9.64 Å². The molecule has 0 spiro atoms. The van der Waals surface area contributed by atoms with Gasteiger partial charge in [-0.2, -0.15) is 0 Å². The van der Waals surface area contributed by atoms with Crippen LogP contribution >= 0.6 is 0 Å². The Morgan fingerprint density at radius 1 is 1.15 bits per heavy atom. The molecule has 142 valence electrons. The molecule has 4 rings (SSSR count). The summed E-state index contributed by atoms with van der Waals surface area (Å²) in [6, 6.07) is 12.6. The second kappa shape index (κ2) is 7.17. The maximum absolute atomic E-state index is 11.7. The highest BCUT2D eigenvalue weighted by atomic mass is 16.6. The summed E-state index contributed by atoms with van der Waals surface area (Å²) in [5.41, 5.74) is 1.41. The number of anilines is 1. The first-order valence-electron chi connectivity index (χ1n) is 9.22. The number of benzene rings is 2. The van der Waals surface area contributed by atoms with Gasteiger partial charge in [0.25, 0.3) is 5.69 Å². The number of nitrogens with zero attached hydrogens (tertiary/aromatic N) is 3. The highest BCUT2D eigenvalue weighted by molar-refractivity contribution is 5.72. The number of aliphatic hydroxyl groups excluding tert-OH is 1. The third-order valence-electron chi connectivity index (χ3n) is 5.53. The standard InChI is InChI=1S/C20H23N3O4/c1-14-19(27-15-5-3-2-4-6-15)8-7-16(23(25)26)20(14)22-12-11-21-10-9-18(24)17(21)13-22/h2-8,17-18,24H,9-13H2,1H3/t17-,18-/m1/s1. The number of fused-ring (bicyclic) bond motifs is 1. The molecule has 2 atom stereocenters. The van der Waals surface area contributed by atoms with Crippen LogP contribution in [0.3, 0.4) is 0 Å². The van der Waals surface area contributed by atoms with Crippen LogP contribution in [0.2, 0.25) is 0 Å². The third-order valence-corrected chi connectivity index (χ3v) is 5.53. The summed E-state index contributed by atoms with van der Waals surface area (Å²) in [6.45, 7) is 4.81. The minimum absolute atomic E-state index is 0.0245. The van der Waals surface area contributed by atoms with Gasteiger partial charge < -0.3 is 14.7 Å². The van der Waals surface area contributed by atoms with E-state index in [1.807, 2.05) is 42.2 Å². The van der Waals surface area contributed by atoms with Gasteiger partial charge in [0.05, 0.1) is 17.1 Å². The maximum atomic E-state index is 11.7. The van der Waals surface area contributed by atoms with E-state index in [9.17, 15) is 15.2 Å². The lowest BCUT2D eigenvalue weighted by Gasteiger charge is -2.40. The Balaban J connectivity index is 1.69. The van der Waals surface area contributed by atoms with Gasteiger partial charge in [-0.1, -0.05) is 18.2 Å². The van der Waals surface area contributed by atoms with Crippen molar-refractivity contribution in [3.63, 3.8) is 0 Å². The van der Waals surface area contributed by atoms with Crippen molar-refractivity contribution in [2.24, 2.45) is 0 Å². The van der Waals surface area contributed by atoms with Crippen LogP contribution in [0.15, 0.2) is 42.5 Å². The summed E-state index contributed by atoms with van der Waals surface area (Å²) < 4.78 is 5.97. The third kappa shape index (κ3) is 3.36. The van der Waals surface area contributed by atoms with E-state index in [1.54, 1.807) is 6.07 Å². The molecule has 0 amide bonds. The van der Waals surface area contributed by atoms with Crippen molar-refractivity contribution in [1.29, 1.82) is 0 Å². The number of piperazine rings is 1. The van der Waals surface area contributed by atoms with Gasteiger partial charge in [0, 0.05) is 37.8 Å². The highest BCUT2D eigenvalue weighted by Gasteiger charge is 2.39. The van der Waals surface area contributed by atoms with Crippen molar-refractivity contribution >= 4 is 11.4 Å². The molecule has 2 saturated heterocycles. The van der Waals surface area contributed by atoms with Crippen LogP contribution in [-0.2, 0) is 0 Å². The number of nitro benzene ring substituents is 1. The SMILES string of the molecule is Cc1c(Oc2ccccc2)ccc([N+](=O)[O-])c1N1CCN2CC[C@@H](O)[C@H]2C1. The van der Waals surface area contributed by atoms with Gasteiger partial charge in [0.15, 0.2) is 0 Å². The van der Waals surface area contributed by atoms with Crippen molar-refractivity contribution in [2.75, 3.05) is 31.1 Å². The molecule has 0 aliphatic carbocycles.